The van der Waals surface area contributed by atoms with Crippen molar-refractivity contribution in [1.29, 1.82) is 0 Å². The SMILES string of the molecule is CCOC(=O)COc1cccc(C(C)N2CCC(C)(c3ccccc3)OC2=O)c1. The Kier molecular flexibility index (Phi) is 6.42. The van der Waals surface area contributed by atoms with E-state index >= 15 is 0 Å². The fourth-order valence-corrected chi connectivity index (χ4v) is 3.46. The minimum absolute atomic E-state index is 0.146. The number of cyclic esters (lactones) is 1. The number of nitrogens with zero attached hydrogens (tertiary/aromatic N) is 1. The van der Waals surface area contributed by atoms with Crippen molar-refractivity contribution >= 4 is 12.1 Å². The third-order valence-electron chi connectivity index (χ3n) is 5.23. The molecule has 1 heterocycles. The van der Waals surface area contributed by atoms with E-state index in [0.717, 1.165) is 11.1 Å². The zero-order valence-electron chi connectivity index (χ0n) is 17.1. The molecule has 0 aliphatic carbocycles. The molecule has 3 rings (SSSR count). The number of esters is 1. The monoisotopic (exact) mass is 397 g/mol. The van der Waals surface area contributed by atoms with E-state index in [1.54, 1.807) is 17.9 Å². The summed E-state index contributed by atoms with van der Waals surface area (Å²) < 4.78 is 16.2. The lowest BCUT2D eigenvalue weighted by Gasteiger charge is -2.41. The maximum atomic E-state index is 12.8. The van der Waals surface area contributed by atoms with Crippen LogP contribution in [0.3, 0.4) is 0 Å². The van der Waals surface area contributed by atoms with Gasteiger partial charge < -0.3 is 19.1 Å². The van der Waals surface area contributed by atoms with Crippen molar-refractivity contribution in [2.45, 2.75) is 38.8 Å². The normalized spacial score (nSPS) is 20.0. The molecule has 1 fully saturated rings. The van der Waals surface area contributed by atoms with Gasteiger partial charge in [0.15, 0.2) is 6.61 Å². The third kappa shape index (κ3) is 4.88. The van der Waals surface area contributed by atoms with Crippen LogP contribution in [0, 0.1) is 0 Å². The zero-order valence-corrected chi connectivity index (χ0v) is 17.1. The van der Waals surface area contributed by atoms with Crippen LogP contribution in [0.1, 0.15) is 44.4 Å². The van der Waals surface area contributed by atoms with Gasteiger partial charge in [-0.25, -0.2) is 9.59 Å². The summed E-state index contributed by atoms with van der Waals surface area (Å²) in [6.45, 7) is 6.41. The van der Waals surface area contributed by atoms with Gasteiger partial charge >= 0.3 is 12.1 Å². The molecule has 29 heavy (non-hydrogen) atoms. The highest BCUT2D eigenvalue weighted by atomic mass is 16.6. The van der Waals surface area contributed by atoms with Crippen molar-refractivity contribution in [2.75, 3.05) is 19.8 Å². The minimum Gasteiger partial charge on any atom is -0.482 e. The summed E-state index contributed by atoms with van der Waals surface area (Å²) in [5.74, 6) is 0.146. The van der Waals surface area contributed by atoms with Gasteiger partial charge in [-0.15, -0.1) is 0 Å². The van der Waals surface area contributed by atoms with Gasteiger partial charge in [0.05, 0.1) is 12.6 Å². The number of benzene rings is 2. The van der Waals surface area contributed by atoms with Crippen molar-refractivity contribution in [1.82, 2.24) is 4.90 Å². The van der Waals surface area contributed by atoms with Gasteiger partial charge in [0, 0.05) is 13.0 Å². The molecule has 6 nitrogen and oxygen atoms in total. The molecule has 0 bridgehead atoms. The second-order valence-electron chi connectivity index (χ2n) is 7.25. The Labute approximate surface area is 171 Å². The summed E-state index contributed by atoms with van der Waals surface area (Å²) in [6, 6.07) is 17.0. The molecule has 2 atom stereocenters. The summed E-state index contributed by atoms with van der Waals surface area (Å²) >= 11 is 0. The molecular weight excluding hydrogens is 370 g/mol. The number of rotatable bonds is 7. The number of ether oxygens (including phenoxy) is 3. The Bertz CT molecular complexity index is 853. The lowest BCUT2D eigenvalue weighted by molar-refractivity contribution is -0.145. The van der Waals surface area contributed by atoms with Crippen molar-refractivity contribution < 1.29 is 23.8 Å². The highest BCUT2D eigenvalue weighted by Crippen LogP contribution is 2.36. The van der Waals surface area contributed by atoms with Crippen LogP contribution >= 0.6 is 0 Å². The van der Waals surface area contributed by atoms with Crippen molar-refractivity contribution in [3.63, 3.8) is 0 Å². The lowest BCUT2D eigenvalue weighted by atomic mass is 9.90. The van der Waals surface area contributed by atoms with Gasteiger partial charge in [0.25, 0.3) is 0 Å². The first-order chi connectivity index (χ1) is 13.9. The largest absolute Gasteiger partial charge is 0.482 e. The predicted octanol–water partition coefficient (Wildman–Crippen LogP) is 4.45. The van der Waals surface area contributed by atoms with Crippen LogP contribution < -0.4 is 4.74 Å². The van der Waals surface area contributed by atoms with Gasteiger partial charge in [0.2, 0.25) is 0 Å². The molecule has 0 saturated carbocycles. The second kappa shape index (κ2) is 8.99. The molecule has 2 aromatic rings. The van der Waals surface area contributed by atoms with Gasteiger partial charge in [-0.2, -0.15) is 0 Å². The van der Waals surface area contributed by atoms with Crippen LogP contribution in [0.15, 0.2) is 54.6 Å². The summed E-state index contributed by atoms with van der Waals surface area (Å²) in [5, 5.41) is 0. The Morgan fingerprint density at radius 3 is 2.66 bits per heavy atom. The van der Waals surface area contributed by atoms with Gasteiger partial charge in [0.1, 0.15) is 11.4 Å². The van der Waals surface area contributed by atoms with Crippen LogP contribution in [-0.4, -0.2) is 36.7 Å². The van der Waals surface area contributed by atoms with Crippen LogP contribution in [-0.2, 0) is 19.9 Å². The summed E-state index contributed by atoms with van der Waals surface area (Å²) in [7, 11) is 0. The second-order valence-corrected chi connectivity index (χ2v) is 7.25. The van der Waals surface area contributed by atoms with Gasteiger partial charge in [-0.05, 0) is 44.0 Å². The number of carbonyl (C=O) groups excluding carboxylic acids is 2. The molecule has 1 saturated heterocycles. The van der Waals surface area contributed by atoms with E-state index in [4.69, 9.17) is 14.2 Å². The molecule has 0 N–H and O–H groups in total. The molecule has 0 spiro atoms. The quantitative estimate of drug-likeness (QED) is 0.646. The maximum Gasteiger partial charge on any atom is 0.411 e. The molecule has 1 aliphatic rings. The van der Waals surface area contributed by atoms with E-state index in [-0.39, 0.29) is 18.7 Å². The zero-order chi connectivity index (χ0) is 20.9. The van der Waals surface area contributed by atoms with Crippen LogP contribution in [0.4, 0.5) is 4.79 Å². The first kappa shape index (κ1) is 20.7. The highest BCUT2D eigenvalue weighted by Gasteiger charge is 2.39. The Morgan fingerprint density at radius 1 is 1.21 bits per heavy atom. The first-order valence-electron chi connectivity index (χ1n) is 9.86. The maximum absolute atomic E-state index is 12.8. The van der Waals surface area contributed by atoms with Crippen molar-refractivity contribution in [3.8, 4) is 5.75 Å². The van der Waals surface area contributed by atoms with E-state index in [1.807, 2.05) is 62.4 Å². The number of amides is 1. The molecule has 154 valence electrons. The minimum atomic E-state index is -0.626. The topological polar surface area (TPSA) is 65.1 Å². The third-order valence-corrected chi connectivity index (χ3v) is 5.23. The standard InChI is InChI=1S/C23H27NO5/c1-4-27-21(25)16-28-20-12-8-9-18(15-20)17(2)24-14-13-23(3,29-22(24)26)19-10-6-5-7-11-19/h5-12,15,17H,4,13-14,16H2,1-3H3. The van der Waals surface area contributed by atoms with Crippen molar-refractivity contribution in [2.24, 2.45) is 0 Å². The molecule has 0 aromatic heterocycles. The molecule has 2 unspecified atom stereocenters. The Morgan fingerprint density at radius 2 is 1.97 bits per heavy atom. The van der Waals surface area contributed by atoms with Crippen molar-refractivity contribution in [3.05, 3.63) is 65.7 Å². The molecule has 6 heteroatoms. The van der Waals surface area contributed by atoms with Crippen LogP contribution in [0.5, 0.6) is 5.75 Å². The van der Waals surface area contributed by atoms with E-state index in [9.17, 15) is 9.59 Å². The molecule has 2 aromatic carbocycles. The van der Waals surface area contributed by atoms with E-state index in [2.05, 4.69) is 0 Å². The van der Waals surface area contributed by atoms with Crippen LogP contribution in [0.25, 0.3) is 0 Å². The number of hydrogen-bond donors (Lipinski definition) is 0. The lowest BCUT2D eigenvalue weighted by Crippen LogP contribution is -2.47. The smallest absolute Gasteiger partial charge is 0.411 e. The average Bonchev–Trinajstić information content (AvgIpc) is 2.73. The summed E-state index contributed by atoms with van der Waals surface area (Å²) in [5.41, 5.74) is 1.28. The van der Waals surface area contributed by atoms with E-state index < -0.39 is 11.6 Å². The van der Waals surface area contributed by atoms with Gasteiger partial charge in [-0.3, -0.25) is 0 Å². The average molecular weight is 397 g/mol. The summed E-state index contributed by atoms with van der Waals surface area (Å²) in [4.78, 5) is 26.0. The van der Waals surface area contributed by atoms with Gasteiger partial charge in [-0.1, -0.05) is 42.5 Å². The van der Waals surface area contributed by atoms with Crippen LogP contribution in [0.2, 0.25) is 0 Å². The predicted molar refractivity (Wildman–Crippen MR) is 109 cm³/mol. The first-order valence-corrected chi connectivity index (χ1v) is 9.86. The highest BCUT2D eigenvalue weighted by molar-refractivity contribution is 5.71. The number of hydrogen-bond acceptors (Lipinski definition) is 5. The molecule has 1 amide bonds. The molecule has 1 aliphatic heterocycles. The Balaban J connectivity index is 1.67. The van der Waals surface area contributed by atoms with E-state index in [0.29, 0.717) is 25.3 Å². The molecule has 0 radical (unpaired) electrons. The fourth-order valence-electron chi connectivity index (χ4n) is 3.46. The molecular formula is C23H27NO5. The fraction of sp³-hybridized carbons (Fsp3) is 0.391. The number of carbonyl (C=O) groups is 2. The summed E-state index contributed by atoms with van der Waals surface area (Å²) in [6.07, 6.45) is 0.361. The Hall–Kier alpha value is -3.02. The van der Waals surface area contributed by atoms with E-state index in [1.165, 1.54) is 0 Å².